The van der Waals surface area contributed by atoms with Gasteiger partial charge in [0.1, 0.15) is 22.1 Å². The Morgan fingerprint density at radius 3 is 2.43 bits per heavy atom. The lowest BCUT2D eigenvalue weighted by atomic mass is 10.3. The summed E-state index contributed by atoms with van der Waals surface area (Å²) in [6.07, 6.45) is 0. The molecule has 1 heterocycles. The summed E-state index contributed by atoms with van der Waals surface area (Å²) in [5, 5.41) is 3.57. The maximum Gasteiger partial charge on any atom is 0.265 e. The van der Waals surface area contributed by atoms with Gasteiger partial charge in [-0.25, -0.2) is 17.2 Å². The second-order valence-corrected chi connectivity index (χ2v) is 5.87. The van der Waals surface area contributed by atoms with E-state index in [2.05, 4.69) is 14.6 Å². The molecule has 0 aliphatic rings. The Morgan fingerprint density at radius 1 is 1.24 bits per heavy atom. The molecule has 0 radical (unpaired) electrons. The molecule has 2 rings (SSSR count). The zero-order valence-electron chi connectivity index (χ0n) is 11.4. The van der Waals surface area contributed by atoms with Crippen LogP contribution in [0.5, 0.6) is 5.75 Å². The zero-order valence-corrected chi connectivity index (χ0v) is 12.2. The van der Waals surface area contributed by atoms with E-state index in [4.69, 9.17) is 4.52 Å². The van der Waals surface area contributed by atoms with Gasteiger partial charge < -0.3 is 9.26 Å². The minimum atomic E-state index is -4.33. The van der Waals surface area contributed by atoms with Crippen molar-refractivity contribution in [3.8, 4) is 5.75 Å². The molecule has 0 spiro atoms. The van der Waals surface area contributed by atoms with Gasteiger partial charge in [-0.2, -0.15) is 0 Å². The Morgan fingerprint density at radius 2 is 1.90 bits per heavy atom. The van der Waals surface area contributed by atoms with Crippen LogP contribution < -0.4 is 9.46 Å². The van der Waals surface area contributed by atoms with Crippen LogP contribution in [0.1, 0.15) is 11.5 Å². The minimum Gasteiger partial charge on any atom is -0.494 e. The van der Waals surface area contributed by atoms with Gasteiger partial charge >= 0.3 is 0 Å². The highest BCUT2D eigenvalue weighted by Crippen LogP contribution is 2.27. The number of hydrogen-bond donors (Lipinski definition) is 1. The number of nitrogens with one attached hydrogen (secondary N) is 1. The summed E-state index contributed by atoms with van der Waals surface area (Å²) in [5.41, 5.74) is 0.371. The summed E-state index contributed by atoms with van der Waals surface area (Å²) in [5.74, 6) is -2.29. The van der Waals surface area contributed by atoms with Crippen LogP contribution in [0.2, 0.25) is 0 Å². The number of aryl methyl sites for hydroxylation is 2. The van der Waals surface area contributed by atoms with E-state index in [1.165, 1.54) is 13.8 Å². The monoisotopic (exact) mass is 318 g/mol. The summed E-state index contributed by atoms with van der Waals surface area (Å²) < 4.78 is 63.2. The predicted molar refractivity (Wildman–Crippen MR) is 69.7 cm³/mol. The molecule has 0 fully saturated rings. The van der Waals surface area contributed by atoms with Crippen LogP contribution in [0.15, 0.2) is 21.6 Å². The minimum absolute atomic E-state index is 0.0885. The van der Waals surface area contributed by atoms with Crippen LogP contribution in [0, 0.1) is 25.5 Å². The molecule has 21 heavy (non-hydrogen) atoms. The van der Waals surface area contributed by atoms with Crippen LogP contribution in [0.4, 0.5) is 14.5 Å². The Balaban J connectivity index is 2.48. The summed E-state index contributed by atoms with van der Waals surface area (Å²) in [6, 6.07) is 1.21. The molecule has 6 nitrogen and oxygen atoms in total. The highest BCUT2D eigenvalue weighted by atomic mass is 32.2. The third-order valence-electron chi connectivity index (χ3n) is 2.77. The van der Waals surface area contributed by atoms with Gasteiger partial charge in [-0.05, 0) is 13.8 Å². The van der Waals surface area contributed by atoms with Crippen molar-refractivity contribution in [2.24, 2.45) is 0 Å². The number of rotatable bonds is 4. The first-order valence-electron chi connectivity index (χ1n) is 5.75. The van der Waals surface area contributed by atoms with Crippen molar-refractivity contribution in [2.75, 3.05) is 11.8 Å². The summed E-state index contributed by atoms with van der Waals surface area (Å²) in [6.45, 7) is 3.00. The third kappa shape index (κ3) is 2.82. The van der Waals surface area contributed by atoms with Crippen LogP contribution in [-0.2, 0) is 10.0 Å². The molecule has 114 valence electrons. The number of aromatic nitrogens is 1. The molecule has 9 heteroatoms. The van der Waals surface area contributed by atoms with E-state index in [0.717, 1.165) is 7.11 Å². The SMILES string of the molecule is COc1cc(F)c(S(=O)(=O)Nc2c(C)noc2C)cc1F. The molecule has 1 N–H and O–H groups in total. The summed E-state index contributed by atoms with van der Waals surface area (Å²) in [4.78, 5) is -0.833. The molecule has 1 aromatic heterocycles. The first-order chi connectivity index (χ1) is 9.76. The normalized spacial score (nSPS) is 11.5. The van der Waals surface area contributed by atoms with E-state index in [9.17, 15) is 17.2 Å². The number of sulfonamides is 1. The van der Waals surface area contributed by atoms with Crippen LogP contribution in [-0.4, -0.2) is 20.7 Å². The largest absolute Gasteiger partial charge is 0.494 e. The molecule has 0 unspecified atom stereocenters. The van der Waals surface area contributed by atoms with Crippen molar-refractivity contribution in [1.29, 1.82) is 0 Å². The number of nitrogens with zero attached hydrogens (tertiary/aromatic N) is 1. The maximum absolute atomic E-state index is 13.8. The van der Waals surface area contributed by atoms with Gasteiger partial charge in [0.25, 0.3) is 10.0 Å². The Labute approximate surface area is 119 Å². The average Bonchev–Trinajstić information content (AvgIpc) is 2.72. The lowest BCUT2D eigenvalue weighted by Gasteiger charge is -2.10. The molecular weight excluding hydrogens is 306 g/mol. The fourth-order valence-electron chi connectivity index (χ4n) is 1.69. The van der Waals surface area contributed by atoms with Gasteiger partial charge in [-0.3, -0.25) is 4.72 Å². The predicted octanol–water partition coefficient (Wildman–Crippen LogP) is 2.38. The fraction of sp³-hybridized carbons (Fsp3) is 0.250. The molecule has 1 aromatic carbocycles. The summed E-state index contributed by atoms with van der Waals surface area (Å²) >= 11 is 0. The van der Waals surface area contributed by atoms with Crippen LogP contribution in [0.25, 0.3) is 0 Å². The average molecular weight is 318 g/mol. The first-order valence-corrected chi connectivity index (χ1v) is 7.23. The number of hydrogen-bond acceptors (Lipinski definition) is 5. The molecule has 0 aliphatic heterocycles. The van der Waals surface area contributed by atoms with Crippen molar-refractivity contribution in [3.05, 3.63) is 35.2 Å². The molecule has 0 saturated carbocycles. The van der Waals surface area contributed by atoms with E-state index in [1.807, 2.05) is 0 Å². The number of methoxy groups -OCH3 is 1. The lowest BCUT2D eigenvalue weighted by molar-refractivity contribution is 0.380. The lowest BCUT2D eigenvalue weighted by Crippen LogP contribution is -2.16. The van der Waals surface area contributed by atoms with E-state index in [1.54, 1.807) is 0 Å². The third-order valence-corrected chi connectivity index (χ3v) is 4.13. The van der Waals surface area contributed by atoms with E-state index >= 15 is 0 Å². The van der Waals surface area contributed by atoms with Crippen molar-refractivity contribution in [2.45, 2.75) is 18.7 Å². The van der Waals surface area contributed by atoms with Crippen molar-refractivity contribution in [1.82, 2.24) is 5.16 Å². The quantitative estimate of drug-likeness (QED) is 0.936. The standard InChI is InChI=1S/C12H12F2N2O4S/c1-6-12(7(2)20-15-6)16-21(17,18)11-5-8(13)10(19-3)4-9(11)14/h4-5,16H,1-3H3. The van der Waals surface area contributed by atoms with E-state index in [0.29, 0.717) is 12.1 Å². The van der Waals surface area contributed by atoms with Gasteiger partial charge in [0.15, 0.2) is 17.3 Å². The van der Waals surface area contributed by atoms with Crippen molar-refractivity contribution >= 4 is 15.7 Å². The Hall–Kier alpha value is -2.16. The van der Waals surface area contributed by atoms with Gasteiger partial charge in [0, 0.05) is 12.1 Å². The molecular formula is C12H12F2N2O4S. The van der Waals surface area contributed by atoms with Crippen LogP contribution >= 0.6 is 0 Å². The molecule has 0 amide bonds. The molecule has 0 bridgehead atoms. The van der Waals surface area contributed by atoms with Crippen molar-refractivity contribution in [3.63, 3.8) is 0 Å². The van der Waals surface area contributed by atoms with Gasteiger partial charge in [-0.15, -0.1) is 0 Å². The van der Waals surface area contributed by atoms with E-state index < -0.39 is 26.6 Å². The van der Waals surface area contributed by atoms with Gasteiger partial charge in [0.2, 0.25) is 0 Å². The molecule has 0 saturated heterocycles. The zero-order chi connectivity index (χ0) is 15.8. The van der Waals surface area contributed by atoms with E-state index in [-0.39, 0.29) is 22.9 Å². The highest BCUT2D eigenvalue weighted by Gasteiger charge is 2.25. The Bertz CT molecular complexity index is 767. The second kappa shape index (κ2) is 5.32. The van der Waals surface area contributed by atoms with Crippen molar-refractivity contribution < 1.29 is 26.5 Å². The smallest absolute Gasteiger partial charge is 0.265 e. The topological polar surface area (TPSA) is 81.4 Å². The van der Waals surface area contributed by atoms with Gasteiger partial charge in [0.05, 0.1) is 7.11 Å². The second-order valence-electron chi connectivity index (χ2n) is 4.22. The van der Waals surface area contributed by atoms with Crippen LogP contribution in [0.3, 0.4) is 0 Å². The number of anilines is 1. The number of halogens is 2. The fourth-order valence-corrected chi connectivity index (χ4v) is 2.94. The molecule has 2 aromatic rings. The number of benzene rings is 1. The molecule has 0 aliphatic carbocycles. The molecule has 0 atom stereocenters. The first kappa shape index (κ1) is 15.2. The summed E-state index contributed by atoms with van der Waals surface area (Å²) in [7, 11) is -3.18. The maximum atomic E-state index is 13.8. The number of ether oxygens (including phenoxy) is 1. The van der Waals surface area contributed by atoms with Gasteiger partial charge in [-0.1, -0.05) is 5.16 Å². The highest BCUT2D eigenvalue weighted by molar-refractivity contribution is 7.92. The Kier molecular flexibility index (Phi) is 3.86.